The van der Waals surface area contributed by atoms with Crippen LogP contribution < -0.4 is 0 Å². The lowest BCUT2D eigenvalue weighted by Gasteiger charge is -2.34. The van der Waals surface area contributed by atoms with Crippen molar-refractivity contribution in [2.24, 2.45) is 0 Å². The third-order valence-electron chi connectivity index (χ3n) is 4.38. The largest absolute Gasteiger partial charge is 0.377 e. The molecule has 1 aliphatic carbocycles. The van der Waals surface area contributed by atoms with Gasteiger partial charge in [0, 0.05) is 23.3 Å². The molecule has 1 atom stereocenters. The van der Waals surface area contributed by atoms with Crippen LogP contribution in [-0.4, -0.2) is 40.5 Å². The molecule has 2 aliphatic rings. The fraction of sp³-hybridized carbons (Fsp3) is 0.500. The van der Waals surface area contributed by atoms with E-state index >= 15 is 0 Å². The summed E-state index contributed by atoms with van der Waals surface area (Å²) in [6, 6.07) is 1.97. The highest BCUT2D eigenvalue weighted by atomic mass is 32.1. The molecule has 116 valence electrons. The first-order valence-corrected chi connectivity index (χ1v) is 8.56. The summed E-state index contributed by atoms with van der Waals surface area (Å²) in [6.07, 6.45) is 5.26. The first kappa shape index (κ1) is 14.0. The molecule has 5 nitrogen and oxygen atoms in total. The quantitative estimate of drug-likeness (QED) is 0.926. The number of hydrogen-bond acceptors (Lipinski definition) is 4. The molecule has 1 N–H and O–H groups in total. The minimum atomic E-state index is -0.119. The number of carbonyl (C=O) groups is 1. The monoisotopic (exact) mass is 317 g/mol. The highest BCUT2D eigenvalue weighted by Crippen LogP contribution is 2.33. The third-order valence-corrected chi connectivity index (χ3v) is 5.61. The van der Waals surface area contributed by atoms with Crippen LogP contribution in [0, 0.1) is 6.92 Å². The zero-order valence-electron chi connectivity index (χ0n) is 12.6. The molecular weight excluding hydrogens is 298 g/mol. The maximum atomic E-state index is 12.9. The van der Waals surface area contributed by atoms with Crippen molar-refractivity contribution >= 4 is 17.2 Å². The number of aryl methyl sites for hydroxylation is 3. The van der Waals surface area contributed by atoms with Crippen LogP contribution in [0.1, 0.15) is 44.1 Å². The Balaban J connectivity index is 1.61. The molecule has 2 aromatic rings. The van der Waals surface area contributed by atoms with Crippen LogP contribution >= 0.6 is 11.3 Å². The first-order valence-electron chi connectivity index (χ1n) is 7.74. The van der Waals surface area contributed by atoms with Crippen molar-refractivity contribution in [1.82, 2.24) is 14.9 Å². The smallest absolute Gasteiger partial charge is 0.264 e. The van der Waals surface area contributed by atoms with Gasteiger partial charge < -0.3 is 14.6 Å². The second-order valence-electron chi connectivity index (χ2n) is 5.95. The number of imidazole rings is 1. The van der Waals surface area contributed by atoms with Crippen LogP contribution in [0.5, 0.6) is 0 Å². The van der Waals surface area contributed by atoms with E-state index in [0.717, 1.165) is 29.2 Å². The van der Waals surface area contributed by atoms with E-state index < -0.39 is 0 Å². The number of morpholine rings is 1. The van der Waals surface area contributed by atoms with Gasteiger partial charge >= 0.3 is 0 Å². The molecule has 0 bridgehead atoms. The van der Waals surface area contributed by atoms with Gasteiger partial charge in [-0.2, -0.15) is 0 Å². The molecule has 0 spiro atoms. The number of thiophene rings is 1. The Hall–Kier alpha value is -1.66. The molecule has 1 saturated heterocycles. The number of nitrogens with zero attached hydrogens (tertiary/aromatic N) is 2. The Kier molecular flexibility index (Phi) is 3.50. The lowest BCUT2D eigenvalue weighted by atomic mass is 10.2. The SMILES string of the molecule is Cc1cnc([C@H]2COCCN2C(=O)c2cc3c(s2)CCC3)[nH]1. The number of H-pyrrole nitrogens is 1. The van der Waals surface area contributed by atoms with E-state index in [2.05, 4.69) is 16.0 Å². The number of ether oxygens (including phenoxy) is 1. The number of nitrogens with one attached hydrogen (secondary N) is 1. The lowest BCUT2D eigenvalue weighted by molar-refractivity contribution is -0.00475. The third kappa shape index (κ3) is 2.36. The van der Waals surface area contributed by atoms with Crippen LogP contribution in [0.4, 0.5) is 0 Å². The molecule has 3 heterocycles. The van der Waals surface area contributed by atoms with Crippen LogP contribution in [0.15, 0.2) is 12.3 Å². The summed E-state index contributed by atoms with van der Waals surface area (Å²) in [4.78, 5) is 24.7. The van der Waals surface area contributed by atoms with Gasteiger partial charge in [-0.05, 0) is 37.8 Å². The van der Waals surface area contributed by atoms with E-state index in [4.69, 9.17) is 4.74 Å². The molecule has 1 fully saturated rings. The van der Waals surface area contributed by atoms with Crippen molar-refractivity contribution in [3.8, 4) is 0 Å². The van der Waals surface area contributed by atoms with E-state index in [9.17, 15) is 4.79 Å². The zero-order chi connectivity index (χ0) is 15.1. The highest BCUT2D eigenvalue weighted by Gasteiger charge is 2.32. The maximum Gasteiger partial charge on any atom is 0.264 e. The van der Waals surface area contributed by atoms with Gasteiger partial charge in [0.2, 0.25) is 0 Å². The average Bonchev–Trinajstić information content (AvgIpc) is 3.21. The summed E-state index contributed by atoms with van der Waals surface area (Å²) in [7, 11) is 0. The molecule has 6 heteroatoms. The molecule has 0 radical (unpaired) electrons. The van der Waals surface area contributed by atoms with Crippen molar-refractivity contribution in [3.63, 3.8) is 0 Å². The summed E-state index contributed by atoms with van der Waals surface area (Å²) in [5.74, 6) is 0.927. The predicted octanol–water partition coefficient (Wildman–Crippen LogP) is 2.48. The number of aromatic amines is 1. The molecule has 1 aliphatic heterocycles. The Morgan fingerprint density at radius 2 is 2.41 bits per heavy atom. The number of fused-ring (bicyclic) bond motifs is 1. The second kappa shape index (κ2) is 5.52. The van der Waals surface area contributed by atoms with Gasteiger partial charge in [0.1, 0.15) is 11.9 Å². The van der Waals surface area contributed by atoms with Crippen LogP contribution in [0.3, 0.4) is 0 Å². The first-order chi connectivity index (χ1) is 10.7. The van der Waals surface area contributed by atoms with Gasteiger partial charge in [-0.15, -0.1) is 11.3 Å². The van der Waals surface area contributed by atoms with Crippen molar-refractivity contribution in [3.05, 3.63) is 39.1 Å². The van der Waals surface area contributed by atoms with Gasteiger partial charge in [-0.1, -0.05) is 0 Å². The Morgan fingerprint density at radius 1 is 1.50 bits per heavy atom. The normalized spacial score (nSPS) is 21.1. The summed E-state index contributed by atoms with van der Waals surface area (Å²) in [5, 5.41) is 0. The fourth-order valence-corrected chi connectivity index (χ4v) is 4.46. The van der Waals surface area contributed by atoms with Gasteiger partial charge in [-0.25, -0.2) is 4.98 Å². The number of amides is 1. The van der Waals surface area contributed by atoms with Crippen molar-refractivity contribution in [1.29, 1.82) is 0 Å². The molecule has 2 aromatic heterocycles. The fourth-order valence-electron chi connectivity index (χ4n) is 3.25. The van der Waals surface area contributed by atoms with E-state index in [1.54, 1.807) is 17.5 Å². The van der Waals surface area contributed by atoms with Crippen molar-refractivity contribution in [2.75, 3.05) is 19.8 Å². The average molecular weight is 317 g/mol. The molecule has 4 rings (SSSR count). The molecule has 22 heavy (non-hydrogen) atoms. The van der Waals surface area contributed by atoms with E-state index in [1.807, 2.05) is 11.8 Å². The standard InChI is InChI=1S/C16H19N3O2S/c1-10-8-17-15(18-10)12-9-21-6-5-19(12)16(20)14-7-11-3-2-4-13(11)22-14/h7-8,12H,2-6,9H2,1H3,(H,17,18)/t12-/m1/s1. The Labute approximate surface area is 133 Å². The number of aromatic nitrogens is 2. The summed E-state index contributed by atoms with van der Waals surface area (Å²) in [5.41, 5.74) is 2.37. The van der Waals surface area contributed by atoms with Gasteiger partial charge in [-0.3, -0.25) is 4.79 Å². The topological polar surface area (TPSA) is 58.2 Å². The van der Waals surface area contributed by atoms with Gasteiger partial charge in [0.25, 0.3) is 5.91 Å². The second-order valence-corrected chi connectivity index (χ2v) is 7.09. The van der Waals surface area contributed by atoms with Crippen LogP contribution in [0.25, 0.3) is 0 Å². The van der Waals surface area contributed by atoms with Crippen molar-refractivity contribution in [2.45, 2.75) is 32.2 Å². The maximum absolute atomic E-state index is 12.9. The minimum Gasteiger partial charge on any atom is -0.377 e. The van der Waals surface area contributed by atoms with Gasteiger partial charge in [0.15, 0.2) is 0 Å². The number of rotatable bonds is 2. The molecule has 0 unspecified atom stereocenters. The Bertz CT molecular complexity index is 685. The molecule has 0 aromatic carbocycles. The molecular formula is C16H19N3O2S. The summed E-state index contributed by atoms with van der Waals surface area (Å²) < 4.78 is 5.57. The van der Waals surface area contributed by atoms with Crippen LogP contribution in [-0.2, 0) is 17.6 Å². The van der Waals surface area contributed by atoms with Crippen LogP contribution in [0.2, 0.25) is 0 Å². The Morgan fingerprint density at radius 3 is 3.18 bits per heavy atom. The van der Waals surface area contributed by atoms with E-state index in [0.29, 0.717) is 19.8 Å². The molecule has 0 saturated carbocycles. The number of carbonyl (C=O) groups excluding carboxylic acids is 1. The zero-order valence-corrected chi connectivity index (χ0v) is 13.4. The van der Waals surface area contributed by atoms with E-state index in [1.165, 1.54) is 16.9 Å². The van der Waals surface area contributed by atoms with Gasteiger partial charge in [0.05, 0.1) is 18.1 Å². The molecule has 1 amide bonds. The predicted molar refractivity (Wildman–Crippen MR) is 84.3 cm³/mol. The summed E-state index contributed by atoms with van der Waals surface area (Å²) >= 11 is 1.66. The van der Waals surface area contributed by atoms with E-state index in [-0.39, 0.29) is 11.9 Å². The number of hydrogen-bond donors (Lipinski definition) is 1. The minimum absolute atomic E-state index is 0.113. The highest BCUT2D eigenvalue weighted by molar-refractivity contribution is 7.14. The summed E-state index contributed by atoms with van der Waals surface area (Å²) in [6.45, 7) is 3.68. The lowest BCUT2D eigenvalue weighted by Crippen LogP contribution is -2.43. The van der Waals surface area contributed by atoms with Crippen molar-refractivity contribution < 1.29 is 9.53 Å².